The van der Waals surface area contributed by atoms with E-state index in [0.29, 0.717) is 25.0 Å². The zero-order valence-corrected chi connectivity index (χ0v) is 31.6. The van der Waals surface area contributed by atoms with Crippen LogP contribution in [0.2, 0.25) is 36.3 Å². The second kappa shape index (κ2) is 16.9. The van der Waals surface area contributed by atoms with Gasteiger partial charge in [-0.1, -0.05) is 92.0 Å². The van der Waals surface area contributed by atoms with E-state index < -0.39 is 16.6 Å². The lowest BCUT2D eigenvalue weighted by Crippen LogP contribution is -2.45. The molecule has 42 heavy (non-hydrogen) atoms. The largest absolute Gasteiger partial charge is 0.463 e. The van der Waals surface area contributed by atoms with Gasteiger partial charge < -0.3 is 13.6 Å². The smallest absolute Gasteiger partial charge is 0.306 e. The quantitative estimate of drug-likeness (QED) is 0.0699. The minimum absolute atomic E-state index is 0.0361. The predicted molar refractivity (Wildman–Crippen MR) is 183 cm³/mol. The standard InChI is InChI=1S/C35H66O5Si2/c1-14-15-18-21-28(39-41(10,11)34(4,5)6)24-25-30-29(22-19-16-17-20-23-33(37)38-27(2)3)31(36)26-32(30)40-42(12,13)35(7,8)9/h16,19,24-25,27-30,32H,14-15,17-18,20-23,26H2,1-13H3/b19-16-,25-24+/t28-,29+,30+,32?/m0/s1. The van der Waals surface area contributed by atoms with Crippen molar-refractivity contribution in [3.63, 3.8) is 0 Å². The molecular weight excluding hydrogens is 557 g/mol. The minimum atomic E-state index is -2.06. The molecule has 4 atom stereocenters. The molecule has 0 saturated heterocycles. The van der Waals surface area contributed by atoms with Crippen LogP contribution in [0.15, 0.2) is 24.3 Å². The van der Waals surface area contributed by atoms with Crippen molar-refractivity contribution in [2.24, 2.45) is 11.8 Å². The summed E-state index contributed by atoms with van der Waals surface area (Å²) in [4.78, 5) is 25.3. The third-order valence-corrected chi connectivity index (χ3v) is 18.5. The molecule has 5 nitrogen and oxygen atoms in total. The Hall–Kier alpha value is -1.03. The maximum absolute atomic E-state index is 13.4. The summed E-state index contributed by atoms with van der Waals surface area (Å²) >= 11 is 0. The first-order valence-electron chi connectivity index (χ1n) is 16.6. The molecule has 0 N–H and O–H groups in total. The van der Waals surface area contributed by atoms with E-state index in [1.54, 1.807) is 0 Å². The van der Waals surface area contributed by atoms with Crippen molar-refractivity contribution in [3.8, 4) is 0 Å². The fraction of sp³-hybridized carbons (Fsp3) is 0.829. The molecule has 0 aliphatic heterocycles. The number of hydrogen-bond acceptors (Lipinski definition) is 5. The van der Waals surface area contributed by atoms with Gasteiger partial charge in [-0.2, -0.15) is 0 Å². The fourth-order valence-corrected chi connectivity index (χ4v) is 7.48. The number of unbranched alkanes of at least 4 members (excludes halogenated alkanes) is 3. The number of carbonyl (C=O) groups is 2. The number of hydrogen-bond donors (Lipinski definition) is 0. The molecule has 0 aromatic heterocycles. The lowest BCUT2D eigenvalue weighted by molar-refractivity contribution is -0.147. The van der Waals surface area contributed by atoms with Gasteiger partial charge in [0, 0.05) is 24.7 Å². The lowest BCUT2D eigenvalue weighted by Gasteiger charge is -2.40. The first-order valence-corrected chi connectivity index (χ1v) is 22.4. The zero-order valence-electron chi connectivity index (χ0n) is 29.6. The highest BCUT2D eigenvalue weighted by Crippen LogP contribution is 2.43. The Morgan fingerprint density at radius 3 is 2.12 bits per heavy atom. The van der Waals surface area contributed by atoms with Crippen LogP contribution in [0.5, 0.6) is 0 Å². The van der Waals surface area contributed by atoms with Crippen molar-refractivity contribution in [1.29, 1.82) is 0 Å². The first-order chi connectivity index (χ1) is 19.2. The Bertz CT molecular complexity index is 892. The van der Waals surface area contributed by atoms with Crippen LogP contribution in [-0.2, 0) is 23.2 Å². The molecule has 7 heteroatoms. The summed E-state index contributed by atoms with van der Waals surface area (Å²) in [7, 11) is -4.01. The van der Waals surface area contributed by atoms with Crippen molar-refractivity contribution >= 4 is 28.4 Å². The van der Waals surface area contributed by atoms with Gasteiger partial charge in [-0.05, 0) is 75.8 Å². The van der Waals surface area contributed by atoms with Gasteiger partial charge in [0.1, 0.15) is 5.78 Å². The molecule has 1 aliphatic carbocycles. The summed E-state index contributed by atoms with van der Waals surface area (Å²) in [6, 6.07) is 0. The molecule has 1 fully saturated rings. The van der Waals surface area contributed by atoms with Crippen LogP contribution in [0.1, 0.15) is 120 Å². The van der Waals surface area contributed by atoms with E-state index in [-0.39, 0.29) is 46.2 Å². The topological polar surface area (TPSA) is 61.8 Å². The monoisotopic (exact) mass is 622 g/mol. The third-order valence-electron chi connectivity index (χ3n) is 9.53. The Morgan fingerprint density at radius 2 is 1.57 bits per heavy atom. The zero-order chi connectivity index (χ0) is 32.4. The molecule has 1 rings (SSSR count). The van der Waals surface area contributed by atoms with E-state index in [4.69, 9.17) is 13.6 Å². The summed E-state index contributed by atoms with van der Waals surface area (Å²) in [5.74, 6) is 0.0938. The van der Waals surface area contributed by atoms with Crippen LogP contribution in [-0.4, -0.2) is 46.7 Å². The van der Waals surface area contributed by atoms with Crippen molar-refractivity contribution in [2.75, 3.05) is 0 Å². The molecule has 0 radical (unpaired) electrons. The molecule has 0 aromatic carbocycles. The van der Waals surface area contributed by atoms with E-state index in [1.807, 2.05) is 13.8 Å². The number of ether oxygens (including phenoxy) is 1. The molecule has 0 bridgehead atoms. The van der Waals surface area contributed by atoms with Gasteiger partial charge in [-0.15, -0.1) is 0 Å². The van der Waals surface area contributed by atoms with Gasteiger partial charge in [0.25, 0.3) is 0 Å². The second-order valence-electron chi connectivity index (χ2n) is 15.7. The van der Waals surface area contributed by atoms with Crippen molar-refractivity contribution in [1.82, 2.24) is 0 Å². The minimum Gasteiger partial charge on any atom is -0.463 e. The van der Waals surface area contributed by atoms with Crippen LogP contribution in [0.3, 0.4) is 0 Å². The first kappa shape index (κ1) is 39.0. The van der Waals surface area contributed by atoms with Crippen molar-refractivity contribution in [2.45, 2.75) is 175 Å². The van der Waals surface area contributed by atoms with Crippen LogP contribution < -0.4 is 0 Å². The molecule has 0 heterocycles. The maximum Gasteiger partial charge on any atom is 0.306 e. The molecule has 1 saturated carbocycles. The van der Waals surface area contributed by atoms with Gasteiger partial charge >= 0.3 is 5.97 Å². The number of Topliss-reactive ketones (excluding diaryl/α,β-unsaturated/α-hetero) is 1. The summed E-state index contributed by atoms with van der Waals surface area (Å²) in [5.41, 5.74) is 0. The van der Waals surface area contributed by atoms with Crippen LogP contribution in [0.25, 0.3) is 0 Å². The molecule has 244 valence electrons. The number of esters is 1. The van der Waals surface area contributed by atoms with Gasteiger partial charge in [0.05, 0.1) is 18.3 Å². The number of rotatable bonds is 17. The molecule has 0 aromatic rings. The van der Waals surface area contributed by atoms with Gasteiger partial charge in [0.15, 0.2) is 16.6 Å². The average molecular weight is 623 g/mol. The molecular formula is C35H66O5Si2. The lowest BCUT2D eigenvalue weighted by atomic mass is 9.90. The summed E-state index contributed by atoms with van der Waals surface area (Å²) < 4.78 is 19.1. The molecule has 1 unspecified atom stereocenters. The van der Waals surface area contributed by atoms with Crippen molar-refractivity contribution in [3.05, 3.63) is 24.3 Å². The van der Waals surface area contributed by atoms with Crippen LogP contribution in [0.4, 0.5) is 0 Å². The second-order valence-corrected chi connectivity index (χ2v) is 25.2. The van der Waals surface area contributed by atoms with E-state index in [0.717, 1.165) is 25.7 Å². The highest BCUT2D eigenvalue weighted by molar-refractivity contribution is 6.74. The molecule has 1 aliphatic rings. The summed E-state index contributed by atoms with van der Waals surface area (Å²) in [5, 5.41) is 0.215. The number of allylic oxidation sites excluding steroid dienone is 2. The summed E-state index contributed by atoms with van der Waals surface area (Å²) in [6.45, 7) is 28.8. The Morgan fingerprint density at radius 1 is 0.952 bits per heavy atom. The molecule has 0 spiro atoms. The van der Waals surface area contributed by atoms with Crippen molar-refractivity contribution < 1.29 is 23.2 Å². The summed E-state index contributed by atoms with van der Waals surface area (Å²) in [6.07, 6.45) is 16.4. The predicted octanol–water partition coefficient (Wildman–Crippen LogP) is 10.2. The van der Waals surface area contributed by atoms with E-state index in [2.05, 4.69) is 99.0 Å². The highest BCUT2D eigenvalue weighted by atomic mass is 28.4. The van der Waals surface area contributed by atoms with E-state index >= 15 is 0 Å². The maximum atomic E-state index is 13.4. The van der Waals surface area contributed by atoms with E-state index in [9.17, 15) is 9.59 Å². The Balaban J connectivity index is 3.17. The third kappa shape index (κ3) is 12.9. The van der Waals surface area contributed by atoms with Gasteiger partial charge in [-0.3, -0.25) is 9.59 Å². The van der Waals surface area contributed by atoms with Gasteiger partial charge in [-0.25, -0.2) is 0 Å². The van der Waals surface area contributed by atoms with Crippen LogP contribution in [0, 0.1) is 11.8 Å². The fourth-order valence-electron chi connectivity index (χ4n) is 4.83. The average Bonchev–Trinajstić information content (AvgIpc) is 3.10. The Kier molecular flexibility index (Phi) is 15.7. The number of carbonyl (C=O) groups excluding carboxylic acids is 2. The Labute approximate surface area is 261 Å². The van der Waals surface area contributed by atoms with E-state index in [1.165, 1.54) is 12.8 Å². The normalized spacial score (nSPS) is 21.7. The SMILES string of the molecule is CCCCC[C@@H](/C=C/[C@H]1C(O[Si](C)(C)C(C)(C)C)CC(=O)[C@@H]1C/C=C\CCCC(=O)OC(C)C)O[Si](C)(C)C(C)(C)C. The molecule has 0 amide bonds. The van der Waals surface area contributed by atoms with Gasteiger partial charge in [0.2, 0.25) is 0 Å². The number of ketones is 1. The van der Waals surface area contributed by atoms with Crippen LogP contribution >= 0.6 is 0 Å². The highest BCUT2D eigenvalue weighted by Gasteiger charge is 2.47.